The highest BCUT2D eigenvalue weighted by atomic mass is 16.5. The van der Waals surface area contributed by atoms with E-state index in [0.717, 1.165) is 25.7 Å². The summed E-state index contributed by atoms with van der Waals surface area (Å²) in [7, 11) is 4.25. The fraction of sp³-hybridized carbons (Fsp3) is 0.622. The molecule has 2 aliphatic rings. The molecule has 0 aromatic carbocycles. The summed E-state index contributed by atoms with van der Waals surface area (Å²) in [6, 6.07) is -2.10. The number of nitrogens with zero attached hydrogens (tertiary/aromatic N) is 4. The lowest BCUT2D eigenvalue weighted by Gasteiger charge is -2.33. The second kappa shape index (κ2) is 19.4. The number of amides is 4. The number of alkyl carbamates (subject to hydrolysis) is 2. The van der Waals surface area contributed by atoms with Crippen LogP contribution in [0.3, 0.4) is 0 Å². The van der Waals surface area contributed by atoms with Crippen LogP contribution in [0, 0.1) is 41.4 Å². The molecule has 6 atom stereocenters. The number of nitrogens with one attached hydrogen (secondary N) is 4. The van der Waals surface area contributed by atoms with Crippen LogP contribution in [0.4, 0.5) is 9.59 Å². The Hall–Kier alpha value is -4.98. The summed E-state index contributed by atoms with van der Waals surface area (Å²) < 4.78 is 9.47. The predicted molar refractivity (Wildman–Crippen MR) is 194 cm³/mol. The fourth-order valence-electron chi connectivity index (χ4n) is 6.35. The van der Waals surface area contributed by atoms with E-state index in [-0.39, 0.29) is 47.7 Å². The van der Waals surface area contributed by atoms with Crippen LogP contribution in [-0.4, -0.2) is 108 Å². The van der Waals surface area contributed by atoms with Crippen molar-refractivity contribution in [3.8, 4) is 23.7 Å². The Morgan fingerprint density at radius 1 is 0.922 bits per heavy atom. The van der Waals surface area contributed by atoms with E-state index in [1.807, 2.05) is 53.7 Å². The third-order valence-electron chi connectivity index (χ3n) is 9.13. The van der Waals surface area contributed by atoms with E-state index in [1.165, 1.54) is 14.2 Å². The molecule has 2 fully saturated rings. The topological polar surface area (TPSA) is 170 Å². The Morgan fingerprint density at radius 2 is 1.51 bits per heavy atom. The van der Waals surface area contributed by atoms with Crippen LogP contribution < -0.4 is 16.0 Å². The van der Waals surface area contributed by atoms with Gasteiger partial charge in [0.15, 0.2) is 0 Å². The highest BCUT2D eigenvalue weighted by molar-refractivity contribution is 5.94. The van der Waals surface area contributed by atoms with Crippen molar-refractivity contribution < 1.29 is 28.7 Å². The molecule has 4 amide bonds. The maximum Gasteiger partial charge on any atom is 0.407 e. The van der Waals surface area contributed by atoms with Crippen LogP contribution in [0.2, 0.25) is 0 Å². The van der Waals surface area contributed by atoms with Gasteiger partial charge in [0.1, 0.15) is 29.4 Å². The summed E-state index contributed by atoms with van der Waals surface area (Å²) >= 11 is 0. The van der Waals surface area contributed by atoms with Crippen molar-refractivity contribution in [3.63, 3.8) is 0 Å². The molecule has 2 saturated heterocycles. The molecule has 1 aromatic rings. The lowest BCUT2D eigenvalue weighted by atomic mass is 10.00. The van der Waals surface area contributed by atoms with Gasteiger partial charge in [-0.3, -0.25) is 14.6 Å². The number of carbonyl (C=O) groups excluding carboxylic acids is 4. The number of aromatic nitrogens is 2. The molecule has 14 heteroatoms. The van der Waals surface area contributed by atoms with Gasteiger partial charge < -0.3 is 40.2 Å². The van der Waals surface area contributed by atoms with Crippen LogP contribution in [0.5, 0.6) is 0 Å². The lowest BCUT2D eigenvalue weighted by Crippen LogP contribution is -2.56. The monoisotopic (exact) mass is 706 g/mol. The summed E-state index contributed by atoms with van der Waals surface area (Å²) in [5.74, 6) is 12.7. The van der Waals surface area contributed by atoms with Crippen molar-refractivity contribution in [2.45, 2.75) is 97.4 Å². The molecule has 0 spiro atoms. The Labute approximate surface area is 302 Å². The largest absolute Gasteiger partial charge is 0.453 e. The molecule has 51 heavy (non-hydrogen) atoms. The number of ether oxygens (including phenoxy) is 2. The summed E-state index contributed by atoms with van der Waals surface area (Å²) in [5.41, 5.74) is 0.577. The molecule has 1 aromatic heterocycles. The van der Waals surface area contributed by atoms with Crippen molar-refractivity contribution in [2.75, 3.05) is 34.4 Å². The van der Waals surface area contributed by atoms with Gasteiger partial charge in [-0.2, -0.15) is 0 Å². The third kappa shape index (κ3) is 10.8. The van der Waals surface area contributed by atoms with Gasteiger partial charge in [0.05, 0.1) is 38.4 Å². The molecule has 3 rings (SSSR count). The van der Waals surface area contributed by atoms with Crippen LogP contribution >= 0.6 is 0 Å². The Morgan fingerprint density at radius 3 is 2.08 bits per heavy atom. The minimum absolute atomic E-state index is 0.125. The molecular formula is C37H54N8O6. The number of hydrogen-bond acceptors (Lipinski definition) is 8. The molecule has 3 heterocycles. The zero-order valence-electron chi connectivity index (χ0n) is 31.3. The van der Waals surface area contributed by atoms with Gasteiger partial charge >= 0.3 is 12.2 Å². The predicted octanol–water partition coefficient (Wildman–Crippen LogP) is 3.38. The second-order valence-electron chi connectivity index (χ2n) is 13.4. The number of imidazole rings is 1. The molecular weight excluding hydrogens is 652 g/mol. The number of hydrogen-bond donors (Lipinski definition) is 4. The lowest BCUT2D eigenvalue weighted by molar-refractivity contribution is -0.135. The molecule has 0 saturated carbocycles. The van der Waals surface area contributed by atoms with E-state index >= 15 is 0 Å². The Bertz CT molecular complexity index is 1560. The number of aliphatic imine (C=N–C) groups is 1. The van der Waals surface area contributed by atoms with Crippen LogP contribution in [-0.2, 0) is 19.1 Å². The average Bonchev–Trinajstić information content (AvgIpc) is 3.90. The number of carbonyl (C=O) groups is 4. The fourth-order valence-corrected chi connectivity index (χ4v) is 6.35. The van der Waals surface area contributed by atoms with Crippen LogP contribution in [0.25, 0.3) is 0 Å². The first-order valence-electron chi connectivity index (χ1n) is 17.6. The molecule has 0 bridgehead atoms. The Kier molecular flexibility index (Phi) is 15.4. The quantitative estimate of drug-likeness (QED) is 0.118. The van der Waals surface area contributed by atoms with Gasteiger partial charge in [0, 0.05) is 26.2 Å². The van der Waals surface area contributed by atoms with Gasteiger partial charge in [0.25, 0.3) is 0 Å². The zero-order valence-corrected chi connectivity index (χ0v) is 31.3. The summed E-state index contributed by atoms with van der Waals surface area (Å²) in [5, 5.41) is 8.84. The van der Waals surface area contributed by atoms with Crippen molar-refractivity contribution >= 4 is 29.8 Å². The standard InChI is InChI=1S/C37H54N8O6/c1-10-15-26(25(6)40-32(38-7)28-18-13-20-44(28)34(46)30(23(2)3)42-36(48)50-8)16-11-12-17-27-22-39-33(41-27)29-19-14-21-45(29)35(47)31(24(4)5)43-37(49)51-9/h10,15,22-26,28-31H,13-14,18-21H2,1-9H3,(H,38,40)(H,39,41)(H,42,48)(H,43,49)/b15-10-/t25?,26?,28-,29-,30-,31-/m1/s1. The highest BCUT2D eigenvalue weighted by Crippen LogP contribution is 2.31. The number of rotatable bonds is 11. The van der Waals surface area contributed by atoms with Gasteiger partial charge in [-0.15, -0.1) is 0 Å². The zero-order chi connectivity index (χ0) is 37.7. The smallest absolute Gasteiger partial charge is 0.407 e. The SMILES string of the molecule is C/C=C\C(C#CC#Cc1cnc([C@H]2CCCN2C(=O)[C@H](NC(=O)OC)C(C)C)[nH]1)C(C)NC(=NC)[C@H]1CCCN1C(=O)[C@H](NC(=O)OC)C(C)C. The number of aromatic amines is 1. The molecule has 0 radical (unpaired) electrons. The van der Waals surface area contributed by atoms with Crippen molar-refractivity contribution in [1.29, 1.82) is 0 Å². The van der Waals surface area contributed by atoms with E-state index in [4.69, 9.17) is 9.47 Å². The molecule has 4 N–H and O–H groups in total. The highest BCUT2D eigenvalue weighted by Gasteiger charge is 2.39. The molecule has 0 aliphatic carbocycles. The minimum Gasteiger partial charge on any atom is -0.453 e. The second-order valence-corrected chi connectivity index (χ2v) is 13.4. The van der Waals surface area contributed by atoms with Gasteiger partial charge in [-0.05, 0) is 69.1 Å². The van der Waals surface area contributed by atoms with Gasteiger partial charge in [0.2, 0.25) is 11.8 Å². The van der Waals surface area contributed by atoms with Gasteiger partial charge in [-0.25, -0.2) is 14.6 Å². The molecule has 2 aliphatic heterocycles. The van der Waals surface area contributed by atoms with Crippen molar-refractivity contribution in [1.82, 2.24) is 35.7 Å². The number of methoxy groups -OCH3 is 2. The first kappa shape index (κ1) is 40.4. The van der Waals surface area contributed by atoms with Crippen molar-refractivity contribution in [2.24, 2.45) is 22.7 Å². The van der Waals surface area contributed by atoms with Crippen LogP contribution in [0.15, 0.2) is 23.3 Å². The van der Waals surface area contributed by atoms with E-state index in [9.17, 15) is 19.2 Å². The molecule has 14 nitrogen and oxygen atoms in total. The van der Waals surface area contributed by atoms with E-state index in [0.29, 0.717) is 30.4 Å². The third-order valence-corrected chi connectivity index (χ3v) is 9.13. The summed E-state index contributed by atoms with van der Waals surface area (Å²) in [6.07, 6.45) is 7.39. The van der Waals surface area contributed by atoms with E-state index < -0.39 is 24.3 Å². The van der Waals surface area contributed by atoms with Gasteiger partial charge in [-0.1, -0.05) is 45.8 Å². The number of likely N-dealkylation sites (tertiary alicyclic amines) is 2. The van der Waals surface area contributed by atoms with E-state index in [2.05, 4.69) is 54.6 Å². The van der Waals surface area contributed by atoms with Crippen molar-refractivity contribution in [3.05, 3.63) is 29.9 Å². The van der Waals surface area contributed by atoms with Crippen LogP contribution in [0.1, 0.15) is 84.8 Å². The van der Waals surface area contributed by atoms with E-state index in [1.54, 1.807) is 23.0 Å². The number of H-pyrrole nitrogens is 1. The number of allylic oxidation sites excluding steroid dienone is 1. The summed E-state index contributed by atoms with van der Waals surface area (Å²) in [4.78, 5) is 66.7. The first-order valence-corrected chi connectivity index (χ1v) is 17.6. The molecule has 278 valence electrons. The molecule has 2 unspecified atom stereocenters. The Balaban J connectivity index is 1.70. The maximum atomic E-state index is 13.6. The maximum absolute atomic E-state index is 13.6. The minimum atomic E-state index is -0.716. The summed E-state index contributed by atoms with van der Waals surface area (Å²) in [6.45, 7) is 12.6. The first-order chi connectivity index (χ1) is 24.4. The number of amidine groups is 1. The normalized spacial score (nSPS) is 19.8. The average molecular weight is 707 g/mol.